The third-order valence-electron chi connectivity index (χ3n) is 5.31. The van der Waals surface area contributed by atoms with Gasteiger partial charge in [-0.1, -0.05) is 13.8 Å². The van der Waals surface area contributed by atoms with Crippen molar-refractivity contribution in [3.63, 3.8) is 0 Å². The largest absolute Gasteiger partial charge is 0.491 e. The van der Waals surface area contributed by atoms with Gasteiger partial charge in [-0.05, 0) is 18.9 Å². The average Bonchev–Trinajstić information content (AvgIpc) is 2.70. The Morgan fingerprint density at radius 3 is 2.14 bits per heavy atom. The van der Waals surface area contributed by atoms with Crippen LogP contribution in [0.4, 0.5) is 13.2 Å². The van der Waals surface area contributed by atoms with Gasteiger partial charge in [-0.3, -0.25) is 14.5 Å². The molecule has 0 atom stereocenters. The molecule has 2 rings (SSSR count). The van der Waals surface area contributed by atoms with Gasteiger partial charge in [-0.25, -0.2) is 8.78 Å². The lowest BCUT2D eigenvalue weighted by Crippen LogP contribution is -2.51. The van der Waals surface area contributed by atoms with Gasteiger partial charge in [0.05, 0.1) is 12.7 Å². The first kappa shape index (κ1) is 25.2. The lowest BCUT2D eigenvalue weighted by atomic mass is 10.0. The highest BCUT2D eigenvalue weighted by Crippen LogP contribution is 2.27. The van der Waals surface area contributed by atoms with Crippen molar-refractivity contribution in [2.45, 2.75) is 45.6 Å². The molecule has 0 spiro atoms. The maximum Gasteiger partial charge on any atom is 0.223 e. The second-order valence-electron chi connectivity index (χ2n) is 6.88. The number of hydrogen-bond donors (Lipinski definition) is 0. The minimum atomic E-state index is -1.55. The van der Waals surface area contributed by atoms with E-state index < -0.39 is 34.5 Å². The van der Waals surface area contributed by atoms with E-state index in [9.17, 15) is 22.8 Å². The van der Waals surface area contributed by atoms with Crippen LogP contribution >= 0.6 is 12.4 Å². The molecule has 0 bridgehead atoms. The summed E-state index contributed by atoms with van der Waals surface area (Å²) in [5.74, 6) is -6.08. The predicted molar refractivity (Wildman–Crippen MR) is 106 cm³/mol. The number of carbonyl (C=O) groups is 2. The quantitative estimate of drug-likeness (QED) is 0.459. The van der Waals surface area contributed by atoms with Crippen LogP contribution in [0.1, 0.15) is 49.9 Å². The molecule has 29 heavy (non-hydrogen) atoms. The Balaban J connectivity index is 0.00000420. The molecule has 1 aromatic carbocycles. The fourth-order valence-electron chi connectivity index (χ4n) is 3.62. The number of benzene rings is 1. The summed E-state index contributed by atoms with van der Waals surface area (Å²) in [5.41, 5.74) is -0.706. The van der Waals surface area contributed by atoms with Crippen molar-refractivity contribution in [3.8, 4) is 5.75 Å². The number of methoxy groups -OCH3 is 1. The van der Waals surface area contributed by atoms with Crippen LogP contribution in [0.3, 0.4) is 0 Å². The zero-order valence-corrected chi connectivity index (χ0v) is 17.8. The number of Topliss-reactive ketones (excluding diaryl/α,β-unsaturated/α-hetero) is 1. The molecular formula is C20H28ClF3N2O3. The van der Waals surface area contributed by atoms with Crippen molar-refractivity contribution in [1.82, 2.24) is 9.80 Å². The maximum atomic E-state index is 14.0. The number of nitrogens with zero attached hydrogens (tertiary/aromatic N) is 2. The molecule has 1 aromatic rings. The third kappa shape index (κ3) is 5.85. The van der Waals surface area contributed by atoms with E-state index >= 15 is 0 Å². The smallest absolute Gasteiger partial charge is 0.223 e. The fourth-order valence-corrected chi connectivity index (χ4v) is 3.62. The summed E-state index contributed by atoms with van der Waals surface area (Å²) in [6, 6.07) is 1.11. The van der Waals surface area contributed by atoms with Gasteiger partial charge < -0.3 is 9.64 Å². The second-order valence-corrected chi connectivity index (χ2v) is 6.88. The molecule has 0 aliphatic carbocycles. The number of piperazine rings is 1. The summed E-state index contributed by atoms with van der Waals surface area (Å²) < 4.78 is 45.9. The van der Waals surface area contributed by atoms with E-state index in [0.717, 1.165) is 33.0 Å². The highest BCUT2D eigenvalue weighted by atomic mass is 35.5. The molecule has 0 N–H and O–H groups in total. The van der Waals surface area contributed by atoms with E-state index in [1.165, 1.54) is 0 Å². The zero-order chi connectivity index (χ0) is 20.8. The molecule has 1 amide bonds. The van der Waals surface area contributed by atoms with Gasteiger partial charge in [-0.15, -0.1) is 12.4 Å². The SMILES string of the molecule is CCC(CC)N1CCN(C(=O)CCC(=O)c2cc(F)c(OC)c(F)c2F)CC1.Cl. The topological polar surface area (TPSA) is 49.9 Å². The van der Waals surface area contributed by atoms with Crippen molar-refractivity contribution in [3.05, 3.63) is 29.1 Å². The summed E-state index contributed by atoms with van der Waals surface area (Å²) in [4.78, 5) is 28.6. The van der Waals surface area contributed by atoms with Crippen LogP contribution in [0, 0.1) is 17.5 Å². The molecule has 0 unspecified atom stereocenters. The van der Waals surface area contributed by atoms with Crippen molar-refractivity contribution >= 4 is 24.1 Å². The number of ether oxygens (including phenoxy) is 1. The molecule has 164 valence electrons. The summed E-state index contributed by atoms with van der Waals surface area (Å²) in [7, 11) is 1.00. The molecule has 1 aliphatic heterocycles. The van der Waals surface area contributed by atoms with Crippen molar-refractivity contribution < 1.29 is 27.5 Å². The number of ketones is 1. The van der Waals surface area contributed by atoms with E-state index in [1.807, 2.05) is 0 Å². The fraction of sp³-hybridized carbons (Fsp3) is 0.600. The normalized spacial score (nSPS) is 14.7. The van der Waals surface area contributed by atoms with Crippen molar-refractivity contribution in [1.29, 1.82) is 0 Å². The summed E-state index contributed by atoms with van der Waals surface area (Å²) in [6.07, 6.45) is 1.67. The molecule has 0 radical (unpaired) electrons. The summed E-state index contributed by atoms with van der Waals surface area (Å²) >= 11 is 0. The Morgan fingerprint density at radius 1 is 1.03 bits per heavy atom. The van der Waals surface area contributed by atoms with E-state index in [1.54, 1.807) is 4.90 Å². The number of rotatable bonds is 8. The van der Waals surface area contributed by atoms with Crippen LogP contribution in [0.5, 0.6) is 5.75 Å². The zero-order valence-electron chi connectivity index (χ0n) is 17.0. The summed E-state index contributed by atoms with van der Waals surface area (Å²) in [6.45, 7) is 6.97. The summed E-state index contributed by atoms with van der Waals surface area (Å²) in [5, 5.41) is 0. The molecule has 1 aliphatic rings. The lowest BCUT2D eigenvalue weighted by Gasteiger charge is -2.38. The van der Waals surface area contributed by atoms with Crippen molar-refractivity contribution in [2.24, 2.45) is 0 Å². The minimum absolute atomic E-state index is 0. The Bertz CT molecular complexity index is 721. The first-order chi connectivity index (χ1) is 13.3. The first-order valence-corrected chi connectivity index (χ1v) is 9.60. The molecule has 1 saturated heterocycles. The standard InChI is InChI=1S/C20H27F3N2O3.ClH/c1-4-13(5-2)24-8-10-25(11-9-24)17(27)7-6-16(26)14-12-15(21)20(28-3)19(23)18(14)22;/h12-13H,4-11H2,1-3H3;1H. The Morgan fingerprint density at radius 2 is 1.62 bits per heavy atom. The van der Waals surface area contributed by atoms with Gasteiger partial charge >= 0.3 is 0 Å². The predicted octanol–water partition coefficient (Wildman–Crippen LogP) is 3.83. The van der Waals surface area contributed by atoms with E-state index in [-0.39, 0.29) is 31.2 Å². The van der Waals surface area contributed by atoms with Gasteiger partial charge in [0.2, 0.25) is 11.7 Å². The highest BCUT2D eigenvalue weighted by Gasteiger charge is 2.26. The number of halogens is 4. The van der Waals surface area contributed by atoms with Crippen LogP contribution in [-0.4, -0.2) is 60.8 Å². The van der Waals surface area contributed by atoms with Crippen LogP contribution in [-0.2, 0) is 4.79 Å². The van der Waals surface area contributed by atoms with Gasteiger partial charge in [0.1, 0.15) is 0 Å². The van der Waals surface area contributed by atoms with Gasteiger partial charge in [0.25, 0.3) is 0 Å². The molecule has 5 nitrogen and oxygen atoms in total. The third-order valence-corrected chi connectivity index (χ3v) is 5.31. The Labute approximate surface area is 175 Å². The first-order valence-electron chi connectivity index (χ1n) is 9.60. The maximum absolute atomic E-state index is 14.0. The molecule has 0 saturated carbocycles. The Hall–Kier alpha value is -1.80. The molecule has 0 aromatic heterocycles. The van der Waals surface area contributed by atoms with E-state index in [2.05, 4.69) is 23.5 Å². The van der Waals surface area contributed by atoms with Crippen LogP contribution in [0.2, 0.25) is 0 Å². The second kappa shape index (κ2) is 11.4. The average molecular weight is 437 g/mol. The van der Waals surface area contributed by atoms with Crippen LogP contribution in [0.15, 0.2) is 6.07 Å². The van der Waals surface area contributed by atoms with E-state index in [0.29, 0.717) is 25.2 Å². The number of amides is 1. The van der Waals surface area contributed by atoms with Gasteiger partial charge in [0.15, 0.2) is 23.2 Å². The molecule has 9 heteroatoms. The monoisotopic (exact) mass is 436 g/mol. The van der Waals surface area contributed by atoms with Gasteiger partial charge in [0, 0.05) is 45.1 Å². The lowest BCUT2D eigenvalue weighted by molar-refractivity contribution is -0.133. The highest BCUT2D eigenvalue weighted by molar-refractivity contribution is 5.98. The molecule has 1 fully saturated rings. The Kier molecular flexibility index (Phi) is 9.92. The number of hydrogen-bond acceptors (Lipinski definition) is 4. The van der Waals surface area contributed by atoms with Crippen LogP contribution < -0.4 is 4.74 Å². The van der Waals surface area contributed by atoms with E-state index in [4.69, 9.17) is 0 Å². The van der Waals surface area contributed by atoms with Crippen molar-refractivity contribution in [2.75, 3.05) is 33.3 Å². The van der Waals surface area contributed by atoms with Crippen LogP contribution in [0.25, 0.3) is 0 Å². The van der Waals surface area contributed by atoms with Gasteiger partial charge in [-0.2, -0.15) is 4.39 Å². The molecule has 1 heterocycles. The number of carbonyl (C=O) groups excluding carboxylic acids is 2. The minimum Gasteiger partial charge on any atom is -0.491 e. The molecular weight excluding hydrogens is 409 g/mol.